The highest BCUT2D eigenvalue weighted by atomic mass is 31.0. The fraction of sp³-hybridized carbons (Fsp3) is 1.00. The second-order valence-electron chi connectivity index (χ2n) is 0. The third-order valence-electron chi connectivity index (χ3n) is 0. The van der Waals surface area contributed by atoms with Gasteiger partial charge in [0.2, 0.25) is 0 Å². The predicted octanol–water partition coefficient (Wildman–Crippen LogP) is -0.00360. The molecule has 9 nitrogen and oxygen atoms in total. The lowest BCUT2D eigenvalue weighted by Gasteiger charge is -1.25. The molecule has 0 saturated heterocycles. The summed E-state index contributed by atoms with van der Waals surface area (Å²) in [5, 5.41) is 31.0. The van der Waals surface area contributed by atoms with Crippen LogP contribution < -0.4 is 0 Å². The van der Waals surface area contributed by atoms with E-state index in [2.05, 4.69) is 0 Å². The van der Waals surface area contributed by atoms with Gasteiger partial charge in [-0.1, -0.05) is 7.43 Å². The molecule has 0 saturated carbocycles. The van der Waals surface area contributed by atoms with E-state index in [1.54, 1.807) is 0 Å². The molecular weight excluding hydrogens is 199 g/mol. The van der Waals surface area contributed by atoms with Gasteiger partial charge in [0, 0.05) is 17.0 Å². The molecule has 0 amide bonds. The summed E-state index contributed by atoms with van der Waals surface area (Å²) in [5.74, 6) is 0. The van der Waals surface area contributed by atoms with E-state index in [0.717, 1.165) is 7.11 Å². The van der Waals surface area contributed by atoms with Gasteiger partial charge in [0.05, 0.1) is 0 Å². The Morgan fingerprint density at radius 3 is 1.08 bits per heavy atom. The Morgan fingerprint density at radius 1 is 1.08 bits per heavy atom. The van der Waals surface area contributed by atoms with E-state index in [4.69, 9.17) is 41.9 Å². The van der Waals surface area contributed by atoms with Crippen LogP contribution >= 0.6 is 9.06 Å². The average Bonchev–Trinajstić information content (AvgIpc) is 2.18. The van der Waals surface area contributed by atoms with Gasteiger partial charge in [-0.3, -0.25) is 25.6 Å². The van der Waals surface area contributed by atoms with Crippen LogP contribution in [-0.4, -0.2) is 40.0 Å². The molecule has 0 aromatic carbocycles. The number of rotatable bonds is 0. The fourth-order valence-corrected chi connectivity index (χ4v) is 0. The van der Waals surface area contributed by atoms with Crippen molar-refractivity contribution in [1.82, 2.24) is 0 Å². The van der Waals surface area contributed by atoms with Gasteiger partial charge in [-0.25, -0.2) is 0 Å². The largest absolute Gasteiger partial charge is 0.412 e. The first-order valence-corrected chi connectivity index (χ1v) is 1.56. The van der Waals surface area contributed by atoms with Crippen LogP contribution in [0.5, 0.6) is 0 Å². The summed E-state index contributed by atoms with van der Waals surface area (Å²) >= 11 is 0. The van der Waals surface area contributed by atoms with Crippen LogP contribution in [0.25, 0.3) is 0 Å². The Bertz CT molecular complexity index is 31.6. The van der Waals surface area contributed by atoms with Gasteiger partial charge in [0.15, 0.2) is 0 Å². The van der Waals surface area contributed by atoms with Crippen molar-refractivity contribution in [3.63, 3.8) is 0 Å². The molecule has 0 atom stereocenters. The van der Waals surface area contributed by atoms with Gasteiger partial charge in [-0.15, -0.1) is 0 Å². The monoisotopic (exact) mass is 215 g/mol. The van der Waals surface area contributed by atoms with Gasteiger partial charge in [-0.2, -0.15) is 0 Å². The molecule has 12 heavy (non-hydrogen) atoms. The van der Waals surface area contributed by atoms with E-state index in [9.17, 15) is 0 Å². The molecule has 10 heteroatoms. The zero-order chi connectivity index (χ0) is 10.7. The fourth-order valence-electron chi connectivity index (χ4n) is 0. The molecule has 0 bridgehead atoms. The van der Waals surface area contributed by atoms with Gasteiger partial charge in [0.25, 0.3) is 0 Å². The summed E-state index contributed by atoms with van der Waals surface area (Å²) in [6.07, 6.45) is 0. The van der Waals surface area contributed by atoms with Crippen molar-refractivity contribution in [3.8, 4) is 0 Å². The first kappa shape index (κ1) is 42.1. The molecule has 0 unspecified atom stereocenters. The van der Waals surface area contributed by atoms with Crippen molar-refractivity contribution in [3.05, 3.63) is 9.93 Å². The highest BCUT2D eigenvalue weighted by Crippen LogP contribution is 1.23. The van der Waals surface area contributed by atoms with Gasteiger partial charge >= 0.3 is 0 Å². The molecular formula is C2H15O9P. The minimum Gasteiger partial charge on any atom is -0.412 e. The van der Waals surface area contributed by atoms with Crippen LogP contribution in [0.3, 0.4) is 0 Å². The van der Waals surface area contributed by atoms with Crippen LogP contribution in [0.2, 0.25) is 0 Å². The lowest BCUT2D eigenvalue weighted by atomic mass is 11.8. The van der Waals surface area contributed by atoms with Crippen LogP contribution in [0.1, 0.15) is 7.43 Å². The maximum atomic E-state index is 8.57. The van der Waals surface area contributed by atoms with Crippen molar-refractivity contribution in [2.45, 2.75) is 7.43 Å². The number of aliphatic hydroxyl groups is 1. The maximum absolute atomic E-state index is 8.57. The molecule has 0 aliphatic heterocycles. The number of aliphatic hydroxyl groups excluding tert-OH is 1. The minimum atomic E-state index is -0.583. The summed E-state index contributed by atoms with van der Waals surface area (Å²) < 4.78 is 14.2. The number of hydrogen-bond acceptors (Lipinski definition) is 8. The van der Waals surface area contributed by atoms with E-state index in [0.29, 0.717) is 0 Å². The SMILES string of the molecule is C.CO.O.O=O.OO.OO.[2H]P=O. The van der Waals surface area contributed by atoms with E-state index in [1.165, 1.54) is 0 Å². The Labute approximate surface area is 72.2 Å². The quantitative estimate of drug-likeness (QED) is 0.212. The molecule has 0 heterocycles. The van der Waals surface area contributed by atoms with Crippen LogP contribution in [0, 0.1) is 9.93 Å². The molecule has 82 valence electrons. The summed E-state index contributed by atoms with van der Waals surface area (Å²) in [6.45, 7) is 0. The van der Waals surface area contributed by atoms with Crippen molar-refractivity contribution >= 4 is 9.06 Å². The average molecular weight is 215 g/mol. The zero-order valence-corrected chi connectivity index (χ0v) is 6.30. The van der Waals surface area contributed by atoms with E-state index in [-0.39, 0.29) is 12.9 Å². The molecule has 0 radical (unpaired) electrons. The molecule has 0 aliphatic carbocycles. The van der Waals surface area contributed by atoms with E-state index in [1.807, 2.05) is 0 Å². The first-order valence-electron chi connectivity index (χ1n) is 1.64. The summed E-state index contributed by atoms with van der Waals surface area (Å²) in [7, 11) is 0.417. The molecule has 0 aliphatic rings. The van der Waals surface area contributed by atoms with Crippen molar-refractivity contribution in [2.75, 3.05) is 7.11 Å². The first-order chi connectivity index (χ1) is 5.41. The minimum absolute atomic E-state index is 0. The molecule has 7 N–H and O–H groups in total. The highest BCUT2D eigenvalue weighted by molar-refractivity contribution is 7.00. The normalized spacial score (nSPS) is 3.67. The van der Waals surface area contributed by atoms with Gasteiger partial charge in [-0.05, 0) is 0 Å². The standard InChI is InChI=1S/CH4O.CH4.2H2O2.O2.HOP.H2O/c1-2;;4*1-2;/h2H,1H3;1H4;2*1-2H;;2H;1H2/i;;;;;2D;. The molecule has 0 aromatic rings. The van der Waals surface area contributed by atoms with Crippen molar-refractivity contribution < 1.29 is 36.2 Å². The van der Waals surface area contributed by atoms with Crippen molar-refractivity contribution in [1.29, 1.82) is 1.28 Å². The smallest absolute Gasteiger partial charge is 0.140 e. The highest BCUT2D eigenvalue weighted by Gasteiger charge is 0.839. The predicted molar refractivity (Wildman–Crippen MR) is 44.7 cm³/mol. The van der Waals surface area contributed by atoms with E-state index >= 15 is 0 Å². The Hall–Kier alpha value is -0.540. The van der Waals surface area contributed by atoms with Gasteiger partial charge < -0.3 is 10.6 Å². The Balaban J connectivity index is -0.00000000676. The summed E-state index contributed by atoms with van der Waals surface area (Å²) in [6, 6.07) is 0. The molecule has 0 rings (SSSR count). The third-order valence-corrected chi connectivity index (χ3v) is 0. The Morgan fingerprint density at radius 2 is 1.08 bits per heavy atom. The Kier molecular flexibility index (Phi) is 11300. The molecule has 0 spiro atoms. The molecule has 0 fully saturated rings. The summed E-state index contributed by atoms with van der Waals surface area (Å²) in [5.41, 5.74) is 0. The van der Waals surface area contributed by atoms with Crippen molar-refractivity contribution in [2.24, 2.45) is 0 Å². The second-order valence-corrected chi connectivity index (χ2v) is 0. The number of hydrogen-bond donors (Lipinski definition) is 5. The van der Waals surface area contributed by atoms with Crippen LogP contribution in [0.15, 0.2) is 0 Å². The lowest BCUT2D eigenvalue weighted by Crippen LogP contribution is -1.29. The maximum Gasteiger partial charge on any atom is 0.140 e. The van der Waals surface area contributed by atoms with Crippen LogP contribution in [0.4, 0.5) is 0 Å². The second kappa shape index (κ2) is 3210. The zero-order valence-electron chi connectivity index (χ0n) is 6.41. The van der Waals surface area contributed by atoms with Gasteiger partial charge in [0.1, 0.15) is 10.3 Å². The summed E-state index contributed by atoms with van der Waals surface area (Å²) in [4.78, 5) is 14.0. The third kappa shape index (κ3) is 2320. The topological polar surface area (TPSA) is 184 Å². The molecule has 0 aromatic heterocycles. The lowest BCUT2D eigenvalue weighted by molar-refractivity contribution is -0.176. The van der Waals surface area contributed by atoms with E-state index < -0.39 is 9.06 Å². The van der Waals surface area contributed by atoms with Crippen LogP contribution in [-0.2, 0) is 4.57 Å².